The average Bonchev–Trinajstić information content (AvgIpc) is 3.13. The van der Waals surface area contributed by atoms with E-state index in [1.165, 1.54) is 12.1 Å². The number of H-pyrrole nitrogens is 1. The third kappa shape index (κ3) is 4.85. The van der Waals surface area contributed by atoms with Crippen LogP contribution in [0, 0.1) is 0 Å². The molecule has 8 nitrogen and oxygen atoms in total. The number of ether oxygens (including phenoxy) is 3. The number of fused-ring (bicyclic) bond motifs is 2. The largest absolute Gasteiger partial charge is 0.586 e. The second kappa shape index (κ2) is 8.86. The van der Waals surface area contributed by atoms with Gasteiger partial charge in [-0.05, 0) is 37.6 Å². The molecule has 2 aliphatic heterocycles. The van der Waals surface area contributed by atoms with Crippen molar-refractivity contribution in [2.24, 2.45) is 0 Å². The number of aromatic nitrogens is 2. The Morgan fingerprint density at radius 2 is 1.94 bits per heavy atom. The van der Waals surface area contributed by atoms with E-state index in [4.69, 9.17) is 9.47 Å². The van der Waals surface area contributed by atoms with Crippen LogP contribution in [-0.2, 0) is 0 Å². The molecule has 0 bridgehead atoms. The molecule has 5 rings (SSSR count). The highest BCUT2D eigenvalue weighted by Crippen LogP contribution is 2.47. The van der Waals surface area contributed by atoms with Gasteiger partial charge >= 0.3 is 6.29 Å². The SMILES string of the molecule is O=c1ccc2cnc(OCCCCN3CCN(c4cccc5c4OC(F)(F)O5)CC3)cc2[nH]1. The minimum Gasteiger partial charge on any atom is -0.478 e. The Labute approximate surface area is 188 Å². The summed E-state index contributed by atoms with van der Waals surface area (Å²) in [6.45, 7) is 4.59. The highest BCUT2D eigenvalue weighted by molar-refractivity contribution is 5.77. The summed E-state index contributed by atoms with van der Waals surface area (Å²) in [5.41, 5.74) is 1.19. The number of piperazine rings is 1. The third-order valence-electron chi connectivity index (χ3n) is 5.82. The maximum absolute atomic E-state index is 13.4. The predicted octanol–water partition coefficient (Wildman–Crippen LogP) is 3.23. The van der Waals surface area contributed by atoms with E-state index in [1.807, 2.05) is 0 Å². The summed E-state index contributed by atoms with van der Waals surface area (Å²) in [5, 5.41) is 0.856. The Bertz CT molecular complexity index is 1190. The van der Waals surface area contributed by atoms with Crippen molar-refractivity contribution in [3.63, 3.8) is 0 Å². The number of hydrogen-bond donors (Lipinski definition) is 1. The molecule has 0 amide bonds. The standard InChI is InChI=1S/C23H24F2N4O4/c24-23(25)32-19-5-3-4-18(22(19)33-23)29-11-9-28(10-12-29)8-1-2-13-31-21-14-17-16(15-26-21)6-7-20(30)27-17/h3-7,14-15H,1-2,8-13H2,(H,27,30). The quantitative estimate of drug-likeness (QED) is 0.545. The topological polar surface area (TPSA) is 79.9 Å². The molecule has 2 aromatic heterocycles. The lowest BCUT2D eigenvalue weighted by molar-refractivity contribution is -0.286. The molecule has 4 heterocycles. The zero-order valence-corrected chi connectivity index (χ0v) is 17.9. The number of anilines is 1. The van der Waals surface area contributed by atoms with Crippen molar-refractivity contribution < 1.29 is 23.0 Å². The van der Waals surface area contributed by atoms with Crippen LogP contribution in [0.15, 0.2) is 47.4 Å². The summed E-state index contributed by atoms with van der Waals surface area (Å²) in [7, 11) is 0. The van der Waals surface area contributed by atoms with Crippen molar-refractivity contribution in [1.29, 1.82) is 0 Å². The van der Waals surface area contributed by atoms with Gasteiger partial charge in [-0.2, -0.15) is 0 Å². The highest BCUT2D eigenvalue weighted by atomic mass is 19.3. The molecule has 1 N–H and O–H groups in total. The minimum absolute atomic E-state index is 0.0761. The number of rotatable bonds is 7. The van der Waals surface area contributed by atoms with Crippen LogP contribution >= 0.6 is 0 Å². The average molecular weight is 458 g/mol. The first-order chi connectivity index (χ1) is 16.0. The van der Waals surface area contributed by atoms with Gasteiger partial charge < -0.3 is 24.1 Å². The predicted molar refractivity (Wildman–Crippen MR) is 118 cm³/mol. The Balaban J connectivity index is 1.05. The van der Waals surface area contributed by atoms with E-state index in [9.17, 15) is 13.6 Å². The smallest absolute Gasteiger partial charge is 0.478 e. The van der Waals surface area contributed by atoms with Gasteiger partial charge in [0.1, 0.15) is 0 Å². The zero-order chi connectivity index (χ0) is 22.8. The van der Waals surface area contributed by atoms with E-state index in [-0.39, 0.29) is 17.1 Å². The summed E-state index contributed by atoms with van der Waals surface area (Å²) >= 11 is 0. The molecular weight excluding hydrogens is 434 g/mol. The fourth-order valence-electron chi connectivity index (χ4n) is 4.14. The molecule has 174 valence electrons. The van der Waals surface area contributed by atoms with Gasteiger partial charge in [-0.15, -0.1) is 8.78 Å². The summed E-state index contributed by atoms with van der Waals surface area (Å²) < 4.78 is 41.9. The van der Waals surface area contributed by atoms with Crippen molar-refractivity contribution in [3.05, 3.63) is 52.9 Å². The third-order valence-corrected chi connectivity index (χ3v) is 5.82. The normalized spacial score (nSPS) is 17.5. The highest BCUT2D eigenvalue weighted by Gasteiger charge is 2.45. The molecule has 3 aromatic rings. The maximum Gasteiger partial charge on any atom is 0.586 e. The summed E-state index contributed by atoms with van der Waals surface area (Å²) in [5.74, 6) is 0.678. The lowest BCUT2D eigenvalue weighted by Gasteiger charge is -2.36. The monoisotopic (exact) mass is 458 g/mol. The second-order valence-corrected chi connectivity index (χ2v) is 8.09. The van der Waals surface area contributed by atoms with Gasteiger partial charge in [-0.25, -0.2) is 4.98 Å². The van der Waals surface area contributed by atoms with Crippen LogP contribution in [0.2, 0.25) is 0 Å². The lowest BCUT2D eigenvalue weighted by atomic mass is 10.2. The molecule has 2 aliphatic rings. The molecule has 0 radical (unpaired) electrons. The van der Waals surface area contributed by atoms with E-state index < -0.39 is 6.29 Å². The first-order valence-electron chi connectivity index (χ1n) is 10.9. The van der Waals surface area contributed by atoms with E-state index in [0.29, 0.717) is 23.7 Å². The van der Waals surface area contributed by atoms with Gasteiger partial charge in [-0.1, -0.05) is 6.07 Å². The number of halogens is 2. The maximum atomic E-state index is 13.4. The minimum atomic E-state index is -3.61. The fraction of sp³-hybridized carbons (Fsp3) is 0.391. The van der Waals surface area contributed by atoms with Crippen molar-refractivity contribution in [2.45, 2.75) is 19.1 Å². The molecular formula is C23H24F2N4O4. The van der Waals surface area contributed by atoms with Crippen LogP contribution in [0.4, 0.5) is 14.5 Å². The van der Waals surface area contributed by atoms with E-state index in [2.05, 4.69) is 24.5 Å². The number of benzene rings is 1. The second-order valence-electron chi connectivity index (χ2n) is 8.09. The van der Waals surface area contributed by atoms with Crippen LogP contribution in [0.5, 0.6) is 17.4 Å². The Morgan fingerprint density at radius 1 is 1.09 bits per heavy atom. The Morgan fingerprint density at radius 3 is 2.79 bits per heavy atom. The molecule has 10 heteroatoms. The molecule has 0 unspecified atom stereocenters. The van der Waals surface area contributed by atoms with Gasteiger partial charge in [0.15, 0.2) is 11.5 Å². The number of alkyl halides is 2. The molecule has 0 spiro atoms. The van der Waals surface area contributed by atoms with Crippen molar-refractivity contribution in [2.75, 3.05) is 44.2 Å². The molecule has 1 saturated heterocycles. The van der Waals surface area contributed by atoms with E-state index >= 15 is 0 Å². The summed E-state index contributed by atoms with van der Waals surface area (Å²) in [6, 6.07) is 9.91. The number of unbranched alkanes of at least 4 members (excludes halogenated alkanes) is 1. The van der Waals surface area contributed by atoms with Crippen molar-refractivity contribution in [1.82, 2.24) is 14.9 Å². The summed E-state index contributed by atoms with van der Waals surface area (Å²) in [6.07, 6.45) is -0.0888. The van der Waals surface area contributed by atoms with Crippen LogP contribution in [0.1, 0.15) is 12.8 Å². The number of pyridine rings is 2. The number of nitrogens with one attached hydrogen (secondary N) is 1. The molecule has 0 atom stereocenters. The molecule has 1 aromatic carbocycles. The van der Waals surface area contributed by atoms with Gasteiger partial charge in [-0.3, -0.25) is 9.69 Å². The number of para-hydroxylation sites is 1. The summed E-state index contributed by atoms with van der Waals surface area (Å²) in [4.78, 5) is 22.9. The lowest BCUT2D eigenvalue weighted by Crippen LogP contribution is -2.46. The number of aromatic amines is 1. The molecule has 0 saturated carbocycles. The molecule has 1 fully saturated rings. The Kier molecular flexibility index (Phi) is 5.76. The van der Waals surface area contributed by atoms with Gasteiger partial charge in [0.05, 0.1) is 17.8 Å². The van der Waals surface area contributed by atoms with Crippen LogP contribution in [0.25, 0.3) is 10.9 Å². The van der Waals surface area contributed by atoms with Gasteiger partial charge in [0.25, 0.3) is 0 Å². The molecule has 0 aliphatic carbocycles. The Hall–Kier alpha value is -3.40. The van der Waals surface area contributed by atoms with Crippen LogP contribution in [0.3, 0.4) is 0 Å². The van der Waals surface area contributed by atoms with E-state index in [0.717, 1.165) is 51.0 Å². The van der Waals surface area contributed by atoms with Crippen molar-refractivity contribution >= 4 is 16.6 Å². The van der Waals surface area contributed by atoms with Crippen molar-refractivity contribution in [3.8, 4) is 17.4 Å². The van der Waals surface area contributed by atoms with Gasteiger partial charge in [0, 0.05) is 49.9 Å². The number of nitrogens with zero attached hydrogens (tertiary/aromatic N) is 3. The first-order valence-corrected chi connectivity index (χ1v) is 10.9. The van der Waals surface area contributed by atoms with Crippen LogP contribution in [-0.4, -0.2) is 60.5 Å². The van der Waals surface area contributed by atoms with Crippen LogP contribution < -0.4 is 24.7 Å². The molecule has 33 heavy (non-hydrogen) atoms. The number of hydrogen-bond acceptors (Lipinski definition) is 7. The van der Waals surface area contributed by atoms with Gasteiger partial charge in [0.2, 0.25) is 11.4 Å². The zero-order valence-electron chi connectivity index (χ0n) is 17.9. The van der Waals surface area contributed by atoms with E-state index in [1.54, 1.807) is 30.5 Å². The fourth-order valence-corrected chi connectivity index (χ4v) is 4.14. The first kappa shape index (κ1) is 21.4.